The fraction of sp³-hybridized carbons (Fsp3) is 0.444. The minimum Gasteiger partial charge on any atom is -0.338 e. The van der Waals surface area contributed by atoms with Gasteiger partial charge in [0.15, 0.2) is 0 Å². The molecular formula is C18H23ClN4O. The summed E-state index contributed by atoms with van der Waals surface area (Å²) in [6, 6.07) is 9.63. The van der Waals surface area contributed by atoms with Gasteiger partial charge in [0, 0.05) is 49.6 Å². The zero-order chi connectivity index (χ0) is 17.1. The molecule has 1 aliphatic rings. The van der Waals surface area contributed by atoms with E-state index >= 15 is 0 Å². The number of aromatic nitrogens is 2. The zero-order valence-electron chi connectivity index (χ0n) is 14.2. The Balaban J connectivity index is 1.55. The number of benzene rings is 1. The van der Waals surface area contributed by atoms with Gasteiger partial charge in [-0.05, 0) is 37.6 Å². The van der Waals surface area contributed by atoms with Crippen LogP contribution in [0.5, 0.6) is 0 Å². The summed E-state index contributed by atoms with van der Waals surface area (Å²) >= 11 is 6.04. The number of aryl methyl sites for hydroxylation is 1. The lowest BCUT2D eigenvalue weighted by atomic mass is 10.2. The molecule has 1 aromatic carbocycles. The standard InChI is InChI=1S/C18H23ClN4O/c1-14-6-7-20-23(14)15(2)18(24)22-10-8-21(9-11-22)13-16-4-3-5-17(19)12-16/h3-7,12,15H,8-11,13H2,1-2H3. The molecule has 0 saturated carbocycles. The predicted octanol–water partition coefficient (Wildman–Crippen LogP) is 2.75. The first-order valence-electron chi connectivity index (χ1n) is 8.30. The number of rotatable bonds is 4. The molecule has 0 radical (unpaired) electrons. The lowest BCUT2D eigenvalue weighted by Crippen LogP contribution is -2.50. The molecule has 0 aliphatic carbocycles. The maximum absolute atomic E-state index is 12.7. The van der Waals surface area contributed by atoms with Crippen molar-refractivity contribution in [3.8, 4) is 0 Å². The monoisotopic (exact) mass is 346 g/mol. The Kier molecular flexibility index (Phi) is 5.21. The van der Waals surface area contributed by atoms with E-state index in [1.165, 1.54) is 5.56 Å². The molecule has 1 saturated heterocycles. The van der Waals surface area contributed by atoms with Crippen molar-refractivity contribution in [2.24, 2.45) is 0 Å². The van der Waals surface area contributed by atoms with Crippen LogP contribution >= 0.6 is 11.6 Å². The fourth-order valence-corrected chi connectivity index (χ4v) is 3.39. The summed E-state index contributed by atoms with van der Waals surface area (Å²) in [5.74, 6) is 0.143. The summed E-state index contributed by atoms with van der Waals surface area (Å²) in [6.45, 7) is 8.02. The van der Waals surface area contributed by atoms with Crippen LogP contribution in [0.1, 0.15) is 24.2 Å². The van der Waals surface area contributed by atoms with Gasteiger partial charge in [0.05, 0.1) is 0 Å². The van der Waals surface area contributed by atoms with Crippen LogP contribution in [0, 0.1) is 6.92 Å². The van der Waals surface area contributed by atoms with Crippen LogP contribution in [0.25, 0.3) is 0 Å². The smallest absolute Gasteiger partial charge is 0.247 e. The average molecular weight is 347 g/mol. The highest BCUT2D eigenvalue weighted by molar-refractivity contribution is 6.30. The first-order chi connectivity index (χ1) is 11.5. The number of piperazine rings is 1. The number of amides is 1. The minimum absolute atomic E-state index is 0.143. The number of nitrogens with zero attached hydrogens (tertiary/aromatic N) is 4. The van der Waals surface area contributed by atoms with E-state index in [9.17, 15) is 4.79 Å². The van der Waals surface area contributed by atoms with Gasteiger partial charge in [-0.3, -0.25) is 14.4 Å². The van der Waals surface area contributed by atoms with E-state index in [1.807, 2.05) is 43.0 Å². The number of halogens is 1. The van der Waals surface area contributed by atoms with Crippen LogP contribution in [0.2, 0.25) is 5.02 Å². The van der Waals surface area contributed by atoms with Crippen LogP contribution in [0.3, 0.4) is 0 Å². The van der Waals surface area contributed by atoms with Crippen molar-refractivity contribution in [1.29, 1.82) is 0 Å². The maximum Gasteiger partial charge on any atom is 0.247 e. The SMILES string of the molecule is Cc1ccnn1C(C)C(=O)N1CCN(Cc2cccc(Cl)c2)CC1. The molecule has 128 valence electrons. The molecule has 24 heavy (non-hydrogen) atoms. The van der Waals surface area contributed by atoms with Gasteiger partial charge in [-0.1, -0.05) is 23.7 Å². The van der Waals surface area contributed by atoms with Crippen LogP contribution in [-0.4, -0.2) is 51.7 Å². The molecule has 1 aliphatic heterocycles. The molecule has 0 bridgehead atoms. The van der Waals surface area contributed by atoms with E-state index in [4.69, 9.17) is 11.6 Å². The Morgan fingerprint density at radius 1 is 1.25 bits per heavy atom. The van der Waals surface area contributed by atoms with Crippen molar-refractivity contribution in [2.45, 2.75) is 26.4 Å². The maximum atomic E-state index is 12.7. The van der Waals surface area contributed by atoms with Gasteiger partial charge in [-0.25, -0.2) is 0 Å². The summed E-state index contributed by atoms with van der Waals surface area (Å²) < 4.78 is 1.79. The Hall–Kier alpha value is -1.85. The molecule has 6 heteroatoms. The van der Waals surface area contributed by atoms with Gasteiger partial charge in [0.1, 0.15) is 6.04 Å². The lowest BCUT2D eigenvalue weighted by Gasteiger charge is -2.36. The van der Waals surface area contributed by atoms with Crippen molar-refractivity contribution >= 4 is 17.5 Å². The van der Waals surface area contributed by atoms with Crippen molar-refractivity contribution in [1.82, 2.24) is 19.6 Å². The molecule has 1 amide bonds. The first-order valence-corrected chi connectivity index (χ1v) is 8.68. The minimum atomic E-state index is -0.250. The Labute approximate surface area is 147 Å². The summed E-state index contributed by atoms with van der Waals surface area (Å²) in [4.78, 5) is 17.0. The molecule has 1 fully saturated rings. The van der Waals surface area contributed by atoms with E-state index in [0.29, 0.717) is 0 Å². The Morgan fingerprint density at radius 3 is 2.62 bits per heavy atom. The molecule has 1 atom stereocenters. The van der Waals surface area contributed by atoms with Crippen LogP contribution in [0.15, 0.2) is 36.5 Å². The quantitative estimate of drug-likeness (QED) is 0.854. The number of carbonyl (C=O) groups is 1. The number of hydrogen-bond donors (Lipinski definition) is 0. The van der Waals surface area contributed by atoms with Crippen LogP contribution in [0.4, 0.5) is 0 Å². The molecule has 0 N–H and O–H groups in total. The molecule has 5 nitrogen and oxygen atoms in total. The van der Waals surface area contributed by atoms with Crippen molar-refractivity contribution in [2.75, 3.05) is 26.2 Å². The molecule has 2 aromatic rings. The van der Waals surface area contributed by atoms with Crippen molar-refractivity contribution in [3.63, 3.8) is 0 Å². The van der Waals surface area contributed by atoms with Crippen LogP contribution < -0.4 is 0 Å². The first kappa shape index (κ1) is 17.0. The third-order valence-electron chi connectivity index (χ3n) is 4.57. The Morgan fingerprint density at radius 2 is 2.00 bits per heavy atom. The topological polar surface area (TPSA) is 41.4 Å². The summed E-state index contributed by atoms with van der Waals surface area (Å²) in [7, 11) is 0. The lowest BCUT2D eigenvalue weighted by molar-refractivity contribution is -0.136. The third-order valence-corrected chi connectivity index (χ3v) is 4.81. The number of carbonyl (C=O) groups excluding carboxylic acids is 1. The second kappa shape index (κ2) is 7.36. The molecule has 1 aromatic heterocycles. The third kappa shape index (κ3) is 3.79. The predicted molar refractivity (Wildman–Crippen MR) is 95.0 cm³/mol. The van der Waals surface area contributed by atoms with Gasteiger partial charge >= 0.3 is 0 Å². The van der Waals surface area contributed by atoms with E-state index in [1.54, 1.807) is 10.9 Å². The molecule has 1 unspecified atom stereocenters. The van der Waals surface area contributed by atoms with E-state index in [2.05, 4.69) is 16.1 Å². The van der Waals surface area contributed by atoms with Crippen molar-refractivity contribution < 1.29 is 4.79 Å². The molecule has 2 heterocycles. The molecule has 3 rings (SSSR count). The summed E-state index contributed by atoms with van der Waals surface area (Å²) in [6.07, 6.45) is 1.74. The largest absolute Gasteiger partial charge is 0.338 e. The summed E-state index contributed by atoms with van der Waals surface area (Å²) in [5.41, 5.74) is 2.22. The molecule has 0 spiro atoms. The van der Waals surface area contributed by atoms with E-state index < -0.39 is 0 Å². The average Bonchev–Trinajstić information content (AvgIpc) is 3.00. The van der Waals surface area contributed by atoms with E-state index in [0.717, 1.165) is 43.4 Å². The van der Waals surface area contributed by atoms with Gasteiger partial charge in [0.25, 0.3) is 0 Å². The molecular weight excluding hydrogens is 324 g/mol. The highest BCUT2D eigenvalue weighted by Gasteiger charge is 2.26. The normalized spacial score (nSPS) is 17.0. The van der Waals surface area contributed by atoms with Gasteiger partial charge in [-0.15, -0.1) is 0 Å². The second-order valence-corrected chi connectivity index (χ2v) is 6.76. The Bertz CT molecular complexity index is 707. The van der Waals surface area contributed by atoms with Crippen molar-refractivity contribution in [3.05, 3.63) is 52.8 Å². The van der Waals surface area contributed by atoms with Gasteiger partial charge in [-0.2, -0.15) is 5.10 Å². The highest BCUT2D eigenvalue weighted by Crippen LogP contribution is 2.16. The zero-order valence-corrected chi connectivity index (χ0v) is 14.9. The number of hydrogen-bond acceptors (Lipinski definition) is 3. The second-order valence-electron chi connectivity index (χ2n) is 6.32. The fourth-order valence-electron chi connectivity index (χ4n) is 3.17. The van der Waals surface area contributed by atoms with Crippen LogP contribution in [-0.2, 0) is 11.3 Å². The van der Waals surface area contributed by atoms with E-state index in [-0.39, 0.29) is 11.9 Å². The summed E-state index contributed by atoms with van der Waals surface area (Å²) in [5, 5.41) is 5.03. The van der Waals surface area contributed by atoms with Gasteiger partial charge < -0.3 is 4.90 Å². The van der Waals surface area contributed by atoms with Gasteiger partial charge in [0.2, 0.25) is 5.91 Å². The highest BCUT2D eigenvalue weighted by atomic mass is 35.5.